The highest BCUT2D eigenvalue weighted by molar-refractivity contribution is 6.31. The normalized spacial score (nSPS) is 10.2. The van der Waals surface area contributed by atoms with Gasteiger partial charge in [0.05, 0.1) is 16.4 Å². The SMILES string of the molecule is O=[N+]([O-])c1ccccc1Oc1ncnc(Cl)c1CCl. The number of rotatable bonds is 4. The van der Waals surface area contributed by atoms with Crippen molar-refractivity contribution in [2.24, 2.45) is 0 Å². The van der Waals surface area contributed by atoms with E-state index in [9.17, 15) is 10.1 Å². The molecule has 1 aromatic heterocycles. The summed E-state index contributed by atoms with van der Waals surface area (Å²) in [6.07, 6.45) is 1.20. The molecule has 2 aromatic rings. The van der Waals surface area contributed by atoms with Gasteiger partial charge in [-0.15, -0.1) is 11.6 Å². The molecule has 1 heterocycles. The van der Waals surface area contributed by atoms with Gasteiger partial charge in [-0.25, -0.2) is 9.97 Å². The third-order valence-electron chi connectivity index (χ3n) is 2.26. The molecular weight excluding hydrogens is 293 g/mol. The Bertz CT molecular complexity index is 622. The molecule has 19 heavy (non-hydrogen) atoms. The number of ether oxygens (including phenoxy) is 1. The zero-order chi connectivity index (χ0) is 13.8. The molecule has 1 aromatic carbocycles. The van der Waals surface area contributed by atoms with Gasteiger partial charge in [-0.1, -0.05) is 23.7 Å². The Hall–Kier alpha value is -1.92. The van der Waals surface area contributed by atoms with Crippen LogP contribution in [0.2, 0.25) is 5.15 Å². The van der Waals surface area contributed by atoms with Gasteiger partial charge in [0.1, 0.15) is 11.5 Å². The molecule has 0 aliphatic carbocycles. The summed E-state index contributed by atoms with van der Waals surface area (Å²) >= 11 is 11.6. The minimum atomic E-state index is -0.543. The van der Waals surface area contributed by atoms with Crippen molar-refractivity contribution in [1.82, 2.24) is 9.97 Å². The molecule has 0 unspecified atom stereocenters. The number of benzene rings is 1. The summed E-state index contributed by atoms with van der Waals surface area (Å²) in [6, 6.07) is 5.95. The minimum absolute atomic E-state index is 0.0373. The van der Waals surface area contributed by atoms with Crippen LogP contribution in [0.1, 0.15) is 5.56 Å². The molecule has 0 atom stereocenters. The lowest BCUT2D eigenvalue weighted by Crippen LogP contribution is -1.98. The lowest BCUT2D eigenvalue weighted by Gasteiger charge is -2.08. The first-order valence-corrected chi connectivity index (χ1v) is 6.01. The van der Waals surface area contributed by atoms with E-state index in [1.165, 1.54) is 18.5 Å². The molecule has 0 amide bonds. The summed E-state index contributed by atoms with van der Waals surface area (Å²) in [7, 11) is 0. The Labute approximate surface area is 118 Å². The van der Waals surface area contributed by atoms with Crippen molar-refractivity contribution >= 4 is 28.9 Å². The summed E-state index contributed by atoms with van der Waals surface area (Å²) in [4.78, 5) is 18.0. The van der Waals surface area contributed by atoms with E-state index in [-0.39, 0.29) is 28.3 Å². The van der Waals surface area contributed by atoms with Crippen LogP contribution < -0.4 is 4.74 Å². The molecule has 0 bridgehead atoms. The highest BCUT2D eigenvalue weighted by Crippen LogP contribution is 2.33. The number of alkyl halides is 1. The van der Waals surface area contributed by atoms with Gasteiger partial charge in [0.25, 0.3) is 0 Å². The fraction of sp³-hybridized carbons (Fsp3) is 0.0909. The maximum Gasteiger partial charge on any atom is 0.311 e. The zero-order valence-electron chi connectivity index (χ0n) is 9.42. The fourth-order valence-corrected chi connectivity index (χ4v) is 1.88. The van der Waals surface area contributed by atoms with Crippen LogP contribution in [0.25, 0.3) is 0 Å². The van der Waals surface area contributed by atoms with Crippen LogP contribution in [0, 0.1) is 10.1 Å². The first-order valence-electron chi connectivity index (χ1n) is 5.10. The molecule has 2 rings (SSSR count). The van der Waals surface area contributed by atoms with Crippen LogP contribution in [-0.4, -0.2) is 14.9 Å². The van der Waals surface area contributed by atoms with E-state index in [1.807, 2.05) is 0 Å². The number of nitrogens with zero attached hydrogens (tertiary/aromatic N) is 3. The van der Waals surface area contributed by atoms with Crippen molar-refractivity contribution in [1.29, 1.82) is 0 Å². The standard InChI is InChI=1S/C11H7Cl2N3O3/c12-5-7-10(13)14-6-15-11(7)19-9-4-2-1-3-8(9)16(17)18/h1-4,6H,5H2. The van der Waals surface area contributed by atoms with Gasteiger partial charge in [-0.3, -0.25) is 10.1 Å². The number of aromatic nitrogens is 2. The van der Waals surface area contributed by atoms with Gasteiger partial charge in [0.15, 0.2) is 0 Å². The highest BCUT2D eigenvalue weighted by Gasteiger charge is 2.18. The summed E-state index contributed by atoms with van der Waals surface area (Å²) in [5.74, 6) is 0.202. The lowest BCUT2D eigenvalue weighted by molar-refractivity contribution is -0.385. The van der Waals surface area contributed by atoms with E-state index in [4.69, 9.17) is 27.9 Å². The molecule has 98 valence electrons. The Kier molecular flexibility index (Phi) is 4.13. The number of hydrogen-bond acceptors (Lipinski definition) is 5. The molecule has 0 aliphatic heterocycles. The molecule has 0 spiro atoms. The molecule has 0 N–H and O–H groups in total. The van der Waals surface area contributed by atoms with E-state index in [0.29, 0.717) is 5.56 Å². The van der Waals surface area contributed by atoms with Crippen LogP contribution in [0.5, 0.6) is 11.6 Å². The second kappa shape index (κ2) is 5.81. The molecule has 0 fully saturated rings. The van der Waals surface area contributed by atoms with Gasteiger partial charge < -0.3 is 4.74 Å². The van der Waals surface area contributed by atoms with E-state index < -0.39 is 4.92 Å². The number of para-hydroxylation sites is 2. The molecular formula is C11H7Cl2N3O3. The van der Waals surface area contributed by atoms with Gasteiger partial charge >= 0.3 is 5.69 Å². The van der Waals surface area contributed by atoms with E-state index in [2.05, 4.69) is 9.97 Å². The first-order chi connectivity index (χ1) is 9.13. The third kappa shape index (κ3) is 2.91. The fourth-order valence-electron chi connectivity index (χ4n) is 1.37. The molecule has 0 aliphatic rings. The smallest absolute Gasteiger partial charge is 0.311 e. The lowest BCUT2D eigenvalue weighted by atomic mass is 10.3. The van der Waals surface area contributed by atoms with Crippen molar-refractivity contribution < 1.29 is 9.66 Å². The Balaban J connectivity index is 2.42. The van der Waals surface area contributed by atoms with E-state index in [0.717, 1.165) is 0 Å². The number of halogens is 2. The maximum absolute atomic E-state index is 10.9. The summed E-state index contributed by atoms with van der Waals surface area (Å²) < 4.78 is 5.41. The second-order valence-electron chi connectivity index (χ2n) is 3.41. The van der Waals surface area contributed by atoms with Crippen molar-refractivity contribution in [3.63, 3.8) is 0 Å². The van der Waals surface area contributed by atoms with Crippen molar-refractivity contribution in [2.75, 3.05) is 0 Å². The highest BCUT2D eigenvalue weighted by atomic mass is 35.5. The average molecular weight is 300 g/mol. The van der Waals surface area contributed by atoms with Gasteiger partial charge in [-0.05, 0) is 6.07 Å². The molecule has 0 saturated heterocycles. The quantitative estimate of drug-likeness (QED) is 0.373. The molecule has 6 nitrogen and oxygen atoms in total. The first kappa shape index (κ1) is 13.5. The van der Waals surface area contributed by atoms with E-state index >= 15 is 0 Å². The topological polar surface area (TPSA) is 78.2 Å². The number of hydrogen-bond donors (Lipinski definition) is 0. The third-order valence-corrected chi connectivity index (χ3v) is 2.85. The Morgan fingerprint density at radius 3 is 2.74 bits per heavy atom. The van der Waals surface area contributed by atoms with Crippen molar-refractivity contribution in [3.8, 4) is 11.6 Å². The number of nitro benzene ring substituents is 1. The van der Waals surface area contributed by atoms with Crippen molar-refractivity contribution in [2.45, 2.75) is 5.88 Å². The largest absolute Gasteiger partial charge is 0.431 e. The van der Waals surface area contributed by atoms with Crippen LogP contribution in [0.4, 0.5) is 5.69 Å². The van der Waals surface area contributed by atoms with Gasteiger partial charge in [0.2, 0.25) is 11.6 Å². The molecule has 8 heteroatoms. The summed E-state index contributed by atoms with van der Waals surface area (Å²) in [5, 5.41) is 11.0. The van der Waals surface area contributed by atoms with Gasteiger partial charge in [-0.2, -0.15) is 0 Å². The second-order valence-corrected chi connectivity index (χ2v) is 4.03. The Morgan fingerprint density at radius 2 is 2.05 bits per heavy atom. The van der Waals surface area contributed by atoms with Crippen LogP contribution in [0.15, 0.2) is 30.6 Å². The Morgan fingerprint density at radius 1 is 1.32 bits per heavy atom. The van der Waals surface area contributed by atoms with E-state index in [1.54, 1.807) is 12.1 Å². The monoisotopic (exact) mass is 299 g/mol. The van der Waals surface area contributed by atoms with Crippen LogP contribution in [-0.2, 0) is 5.88 Å². The number of nitro groups is 1. The average Bonchev–Trinajstić information content (AvgIpc) is 2.39. The minimum Gasteiger partial charge on any atom is -0.431 e. The van der Waals surface area contributed by atoms with Crippen molar-refractivity contribution in [3.05, 3.63) is 51.4 Å². The van der Waals surface area contributed by atoms with Gasteiger partial charge in [0, 0.05) is 6.07 Å². The zero-order valence-corrected chi connectivity index (χ0v) is 10.9. The molecule has 0 radical (unpaired) electrons. The van der Waals surface area contributed by atoms with Crippen LogP contribution in [0.3, 0.4) is 0 Å². The summed E-state index contributed by atoms with van der Waals surface area (Å²) in [5.41, 5.74) is 0.210. The van der Waals surface area contributed by atoms with Crippen LogP contribution >= 0.6 is 23.2 Å². The maximum atomic E-state index is 10.9. The molecule has 0 saturated carbocycles. The predicted octanol–water partition coefficient (Wildman–Crippen LogP) is 3.57. The summed E-state index contributed by atoms with van der Waals surface area (Å²) in [6.45, 7) is 0. The predicted molar refractivity (Wildman–Crippen MR) is 69.8 cm³/mol.